The Balaban J connectivity index is 3.03. The van der Waals surface area contributed by atoms with Gasteiger partial charge in [-0.05, 0) is 13.0 Å². The largest absolute Gasteiger partial charge is 0.534 e. The van der Waals surface area contributed by atoms with Crippen molar-refractivity contribution in [2.45, 2.75) is 44.2 Å². The molecule has 1 heterocycles. The van der Waals surface area contributed by atoms with Gasteiger partial charge in [-0.15, -0.1) is 0 Å². The van der Waals surface area contributed by atoms with E-state index < -0.39 is 35.5 Å². The van der Waals surface area contributed by atoms with Crippen molar-refractivity contribution in [3.05, 3.63) is 11.8 Å². The zero-order valence-corrected chi connectivity index (χ0v) is 15.1. The molecular formula is C12H20F3NO5SSi. The monoisotopic (exact) mass is 375 g/mol. The van der Waals surface area contributed by atoms with Crippen LogP contribution in [0.2, 0.25) is 19.6 Å². The van der Waals surface area contributed by atoms with Gasteiger partial charge in [-0.1, -0.05) is 19.6 Å². The zero-order valence-electron chi connectivity index (χ0n) is 13.3. The standard InChI is InChI=1S/C12H20F3NO5SSi/c1-5-20-11(17)16-7-6-9(8-10(16)23(2,3)4)21-22(18,19)12(13,14)15/h6,10H,5,7-8H2,1-4H3. The summed E-state index contributed by atoms with van der Waals surface area (Å²) in [5.74, 6) is -0.296. The first-order valence-corrected chi connectivity index (χ1v) is 11.9. The highest BCUT2D eigenvalue weighted by Gasteiger charge is 2.49. The second kappa shape index (κ2) is 6.71. The number of halogens is 3. The average molecular weight is 375 g/mol. The van der Waals surface area contributed by atoms with Crippen LogP contribution in [0.3, 0.4) is 0 Å². The van der Waals surface area contributed by atoms with Crippen LogP contribution >= 0.6 is 0 Å². The summed E-state index contributed by atoms with van der Waals surface area (Å²) in [6.45, 7) is 7.52. The lowest BCUT2D eigenvalue weighted by atomic mass is 10.2. The van der Waals surface area contributed by atoms with Crippen molar-refractivity contribution in [1.82, 2.24) is 4.90 Å². The molecule has 1 aliphatic rings. The number of carbonyl (C=O) groups is 1. The molecule has 0 saturated carbocycles. The van der Waals surface area contributed by atoms with Gasteiger partial charge in [0.1, 0.15) is 5.76 Å². The van der Waals surface area contributed by atoms with Crippen LogP contribution in [0.1, 0.15) is 13.3 Å². The molecule has 0 fully saturated rings. The van der Waals surface area contributed by atoms with Gasteiger partial charge >= 0.3 is 21.7 Å². The highest BCUT2D eigenvalue weighted by molar-refractivity contribution is 7.87. The Hall–Kier alpha value is -1.23. The third kappa shape index (κ3) is 4.87. The maximum Gasteiger partial charge on any atom is 0.534 e. The SMILES string of the molecule is CCOC(=O)N1CC=C(OS(=O)(=O)C(F)(F)F)CC1[Si](C)(C)C. The molecule has 0 aromatic carbocycles. The van der Waals surface area contributed by atoms with Crippen LogP contribution in [-0.4, -0.2) is 51.8 Å². The van der Waals surface area contributed by atoms with Gasteiger partial charge in [0.25, 0.3) is 0 Å². The fourth-order valence-electron chi connectivity index (χ4n) is 2.15. The molecule has 0 saturated heterocycles. The van der Waals surface area contributed by atoms with Crippen molar-refractivity contribution in [3.8, 4) is 0 Å². The first-order valence-electron chi connectivity index (χ1n) is 6.92. The number of hydrogen-bond donors (Lipinski definition) is 0. The summed E-state index contributed by atoms with van der Waals surface area (Å²) in [5, 5.41) is 0. The molecule has 1 atom stereocenters. The number of hydrogen-bond acceptors (Lipinski definition) is 5. The van der Waals surface area contributed by atoms with E-state index in [2.05, 4.69) is 4.18 Å². The third-order valence-corrected chi connectivity index (χ3v) is 6.80. The molecule has 0 bridgehead atoms. The highest BCUT2D eigenvalue weighted by Crippen LogP contribution is 2.32. The first-order chi connectivity index (χ1) is 10.3. The average Bonchev–Trinajstić information content (AvgIpc) is 2.36. The van der Waals surface area contributed by atoms with Gasteiger partial charge in [0.05, 0.1) is 14.7 Å². The lowest BCUT2D eigenvalue weighted by Gasteiger charge is -2.40. The van der Waals surface area contributed by atoms with Gasteiger partial charge < -0.3 is 13.8 Å². The molecule has 1 unspecified atom stereocenters. The molecule has 6 nitrogen and oxygen atoms in total. The molecule has 1 amide bonds. The molecular weight excluding hydrogens is 355 g/mol. The van der Waals surface area contributed by atoms with E-state index in [1.54, 1.807) is 6.92 Å². The van der Waals surface area contributed by atoms with E-state index in [-0.39, 0.29) is 25.3 Å². The second-order valence-electron chi connectivity index (χ2n) is 6.09. The van der Waals surface area contributed by atoms with Crippen molar-refractivity contribution in [2.75, 3.05) is 13.2 Å². The van der Waals surface area contributed by atoms with Crippen LogP contribution in [0.15, 0.2) is 11.8 Å². The summed E-state index contributed by atoms with van der Waals surface area (Å²) in [6, 6.07) is 0. The van der Waals surface area contributed by atoms with Crippen molar-refractivity contribution < 1.29 is 35.3 Å². The minimum absolute atomic E-state index is 0.0590. The normalized spacial score (nSPS) is 20.0. The van der Waals surface area contributed by atoms with Gasteiger partial charge in [-0.25, -0.2) is 4.79 Å². The highest BCUT2D eigenvalue weighted by atomic mass is 32.2. The predicted octanol–water partition coefficient (Wildman–Crippen LogP) is 2.84. The Morgan fingerprint density at radius 1 is 1.39 bits per heavy atom. The van der Waals surface area contributed by atoms with Crippen molar-refractivity contribution in [3.63, 3.8) is 0 Å². The summed E-state index contributed by atoms with van der Waals surface area (Å²) in [5.41, 5.74) is -5.91. The first kappa shape index (κ1) is 19.8. The summed E-state index contributed by atoms with van der Waals surface area (Å²) in [7, 11) is -7.75. The van der Waals surface area contributed by atoms with Crippen LogP contribution in [0, 0.1) is 0 Å². The van der Waals surface area contributed by atoms with Crippen LogP contribution in [0.5, 0.6) is 0 Å². The van der Waals surface area contributed by atoms with Crippen molar-refractivity contribution in [1.29, 1.82) is 0 Å². The number of nitrogens with zero attached hydrogens (tertiary/aromatic N) is 1. The Morgan fingerprint density at radius 2 is 1.96 bits per heavy atom. The quantitative estimate of drug-likeness (QED) is 0.429. The molecule has 0 aliphatic carbocycles. The molecule has 0 radical (unpaired) electrons. The fraction of sp³-hybridized carbons (Fsp3) is 0.750. The van der Waals surface area contributed by atoms with Crippen molar-refractivity contribution in [2.24, 2.45) is 0 Å². The maximum atomic E-state index is 12.4. The zero-order chi connectivity index (χ0) is 18.1. The Labute approximate surface area is 134 Å². The van der Waals surface area contributed by atoms with E-state index in [4.69, 9.17) is 4.74 Å². The van der Waals surface area contributed by atoms with Gasteiger partial charge in [-0.2, -0.15) is 21.6 Å². The van der Waals surface area contributed by atoms with E-state index in [0.29, 0.717) is 0 Å². The lowest BCUT2D eigenvalue weighted by molar-refractivity contribution is -0.0525. The second-order valence-corrected chi connectivity index (χ2v) is 13.0. The lowest BCUT2D eigenvalue weighted by Crippen LogP contribution is -2.55. The summed E-state index contributed by atoms with van der Waals surface area (Å²) in [4.78, 5) is 13.4. The summed E-state index contributed by atoms with van der Waals surface area (Å²) in [6.07, 6.45) is 0.495. The number of amides is 1. The maximum absolute atomic E-state index is 12.4. The van der Waals surface area contributed by atoms with Gasteiger partial charge in [0, 0.05) is 18.6 Å². The van der Waals surface area contributed by atoms with E-state index in [0.717, 1.165) is 6.08 Å². The molecule has 0 aromatic heterocycles. The van der Waals surface area contributed by atoms with Crippen molar-refractivity contribution >= 4 is 24.3 Å². The molecule has 23 heavy (non-hydrogen) atoms. The Kier molecular flexibility index (Phi) is 5.78. The van der Waals surface area contributed by atoms with E-state index in [1.807, 2.05) is 19.6 Å². The van der Waals surface area contributed by atoms with Crippen LogP contribution in [0.4, 0.5) is 18.0 Å². The molecule has 1 rings (SSSR count). The number of carbonyl (C=O) groups excluding carboxylic acids is 1. The van der Waals surface area contributed by atoms with Gasteiger partial charge in [0.2, 0.25) is 0 Å². The molecule has 134 valence electrons. The number of rotatable bonds is 4. The van der Waals surface area contributed by atoms with E-state index in [9.17, 15) is 26.4 Å². The predicted molar refractivity (Wildman–Crippen MR) is 79.6 cm³/mol. The Bertz CT molecular complexity index is 582. The molecule has 0 N–H and O–H groups in total. The summed E-state index contributed by atoms with van der Waals surface area (Å²) >= 11 is 0. The number of alkyl halides is 3. The van der Waals surface area contributed by atoms with Gasteiger partial charge in [0.15, 0.2) is 0 Å². The Morgan fingerprint density at radius 3 is 2.39 bits per heavy atom. The van der Waals surface area contributed by atoms with Gasteiger partial charge in [-0.3, -0.25) is 0 Å². The molecule has 11 heteroatoms. The fourth-order valence-corrected chi connectivity index (χ4v) is 4.62. The molecule has 0 spiro atoms. The van der Waals surface area contributed by atoms with Crippen LogP contribution in [0.25, 0.3) is 0 Å². The minimum atomic E-state index is -5.70. The van der Waals surface area contributed by atoms with E-state index in [1.165, 1.54) is 4.90 Å². The molecule has 1 aliphatic heterocycles. The third-order valence-electron chi connectivity index (χ3n) is 3.29. The van der Waals surface area contributed by atoms with E-state index >= 15 is 0 Å². The smallest absolute Gasteiger partial charge is 0.450 e. The van der Waals surface area contributed by atoms with Crippen LogP contribution < -0.4 is 0 Å². The summed E-state index contributed by atoms with van der Waals surface area (Å²) < 4.78 is 68.6. The minimum Gasteiger partial charge on any atom is -0.450 e. The topological polar surface area (TPSA) is 72.9 Å². The molecule has 0 aromatic rings. The van der Waals surface area contributed by atoms with Crippen LogP contribution in [-0.2, 0) is 19.0 Å². The number of ether oxygens (including phenoxy) is 1.